The third-order valence-corrected chi connectivity index (χ3v) is 4.89. The summed E-state index contributed by atoms with van der Waals surface area (Å²) in [4.78, 5) is 17.0. The topological polar surface area (TPSA) is 67.2 Å². The Kier molecular flexibility index (Phi) is 7.13. The summed E-state index contributed by atoms with van der Waals surface area (Å²) in [7, 11) is 0. The first-order valence-corrected chi connectivity index (χ1v) is 9.56. The van der Waals surface area contributed by atoms with Crippen LogP contribution < -0.4 is 0 Å². The number of amides is 1. The molecule has 7 nitrogen and oxygen atoms in total. The molecule has 0 atom stereocenters. The standard InChI is InChI=1S/C19H28N6O/c26-19(10-5-14-25-17-20-21-22-25)24-13-6-12-23(15-16-24)11-4-9-18-7-2-1-3-8-18/h1-3,7-8,17H,4-6,9-16H2. The number of carbonyl (C=O) groups is 1. The van der Waals surface area contributed by atoms with Crippen molar-refractivity contribution in [3.8, 4) is 0 Å². The van der Waals surface area contributed by atoms with Crippen LogP contribution in [0.25, 0.3) is 0 Å². The van der Waals surface area contributed by atoms with E-state index in [1.807, 2.05) is 4.90 Å². The van der Waals surface area contributed by atoms with Crippen molar-refractivity contribution in [1.29, 1.82) is 0 Å². The Morgan fingerprint density at radius 1 is 1.00 bits per heavy atom. The quantitative estimate of drug-likeness (QED) is 0.719. The molecule has 2 heterocycles. The van der Waals surface area contributed by atoms with Crippen LogP contribution in [0.2, 0.25) is 0 Å². The molecule has 0 unspecified atom stereocenters. The molecule has 1 saturated heterocycles. The van der Waals surface area contributed by atoms with Crippen LogP contribution in [-0.2, 0) is 17.8 Å². The highest BCUT2D eigenvalue weighted by molar-refractivity contribution is 5.76. The van der Waals surface area contributed by atoms with Crippen molar-refractivity contribution in [1.82, 2.24) is 30.0 Å². The Morgan fingerprint density at radius 2 is 1.88 bits per heavy atom. The molecule has 26 heavy (non-hydrogen) atoms. The number of hydrogen-bond acceptors (Lipinski definition) is 5. The monoisotopic (exact) mass is 356 g/mol. The van der Waals surface area contributed by atoms with E-state index in [9.17, 15) is 4.79 Å². The molecule has 0 aliphatic carbocycles. The number of aromatic nitrogens is 4. The molecule has 0 spiro atoms. The molecule has 0 bridgehead atoms. The van der Waals surface area contributed by atoms with Gasteiger partial charge in [0.25, 0.3) is 0 Å². The van der Waals surface area contributed by atoms with Crippen molar-refractivity contribution in [2.45, 2.75) is 38.6 Å². The maximum atomic E-state index is 12.4. The van der Waals surface area contributed by atoms with E-state index in [0.717, 1.165) is 52.0 Å². The van der Waals surface area contributed by atoms with Crippen LogP contribution in [0.5, 0.6) is 0 Å². The fourth-order valence-corrected chi connectivity index (χ4v) is 3.43. The predicted octanol–water partition coefficient (Wildman–Crippen LogP) is 1.62. The molecule has 0 N–H and O–H groups in total. The third kappa shape index (κ3) is 5.91. The van der Waals surface area contributed by atoms with E-state index in [4.69, 9.17) is 0 Å². The van der Waals surface area contributed by atoms with E-state index in [1.165, 1.54) is 12.0 Å². The number of tetrazole rings is 1. The van der Waals surface area contributed by atoms with Crippen molar-refractivity contribution in [3.63, 3.8) is 0 Å². The fraction of sp³-hybridized carbons (Fsp3) is 0.579. The molecule has 0 saturated carbocycles. The summed E-state index contributed by atoms with van der Waals surface area (Å²) in [5, 5.41) is 11.0. The second-order valence-electron chi connectivity index (χ2n) is 6.84. The van der Waals surface area contributed by atoms with E-state index < -0.39 is 0 Å². The van der Waals surface area contributed by atoms with Crippen LogP contribution >= 0.6 is 0 Å². The van der Waals surface area contributed by atoms with Crippen LogP contribution in [0, 0.1) is 0 Å². The number of nitrogens with zero attached hydrogens (tertiary/aromatic N) is 6. The molecule has 1 aromatic heterocycles. The number of hydrogen-bond donors (Lipinski definition) is 0. The first-order valence-electron chi connectivity index (χ1n) is 9.56. The fourth-order valence-electron chi connectivity index (χ4n) is 3.43. The molecule has 1 fully saturated rings. The average molecular weight is 356 g/mol. The van der Waals surface area contributed by atoms with Crippen LogP contribution in [0.1, 0.15) is 31.2 Å². The lowest BCUT2D eigenvalue weighted by Crippen LogP contribution is -2.35. The minimum absolute atomic E-state index is 0.254. The molecule has 0 radical (unpaired) electrons. The average Bonchev–Trinajstić information content (AvgIpc) is 3.07. The van der Waals surface area contributed by atoms with Gasteiger partial charge in [-0.15, -0.1) is 5.10 Å². The normalized spacial score (nSPS) is 15.8. The van der Waals surface area contributed by atoms with E-state index in [0.29, 0.717) is 13.0 Å². The summed E-state index contributed by atoms with van der Waals surface area (Å²) >= 11 is 0. The molecule has 1 aromatic carbocycles. The number of aryl methyl sites for hydroxylation is 2. The van der Waals surface area contributed by atoms with Crippen molar-refractivity contribution in [2.75, 3.05) is 32.7 Å². The number of benzene rings is 1. The van der Waals surface area contributed by atoms with Gasteiger partial charge in [-0.25, -0.2) is 4.68 Å². The van der Waals surface area contributed by atoms with Crippen molar-refractivity contribution >= 4 is 5.91 Å². The molecule has 3 rings (SSSR count). The summed E-state index contributed by atoms with van der Waals surface area (Å²) < 4.78 is 1.67. The zero-order valence-corrected chi connectivity index (χ0v) is 15.3. The van der Waals surface area contributed by atoms with Crippen LogP contribution in [0.15, 0.2) is 36.7 Å². The molecule has 2 aromatic rings. The van der Waals surface area contributed by atoms with Gasteiger partial charge in [0.15, 0.2) is 0 Å². The van der Waals surface area contributed by atoms with Gasteiger partial charge in [-0.1, -0.05) is 30.3 Å². The van der Waals surface area contributed by atoms with E-state index >= 15 is 0 Å². The van der Waals surface area contributed by atoms with Crippen molar-refractivity contribution < 1.29 is 4.79 Å². The molecule has 1 aliphatic rings. The summed E-state index contributed by atoms with van der Waals surface area (Å²) in [5.74, 6) is 0.254. The van der Waals surface area contributed by atoms with Gasteiger partial charge in [-0.3, -0.25) is 4.79 Å². The van der Waals surface area contributed by atoms with Crippen LogP contribution in [0.3, 0.4) is 0 Å². The zero-order chi connectivity index (χ0) is 18.0. The van der Waals surface area contributed by atoms with Gasteiger partial charge in [0.1, 0.15) is 6.33 Å². The molecule has 7 heteroatoms. The Balaban J connectivity index is 1.33. The lowest BCUT2D eigenvalue weighted by molar-refractivity contribution is -0.131. The predicted molar refractivity (Wildman–Crippen MR) is 99.5 cm³/mol. The SMILES string of the molecule is O=C(CCCn1cnnn1)N1CCCN(CCCc2ccccc2)CC1. The zero-order valence-electron chi connectivity index (χ0n) is 15.3. The van der Waals surface area contributed by atoms with Crippen molar-refractivity contribution in [2.24, 2.45) is 0 Å². The molecular formula is C19H28N6O. The third-order valence-electron chi connectivity index (χ3n) is 4.89. The van der Waals surface area contributed by atoms with Crippen LogP contribution in [0.4, 0.5) is 0 Å². The Bertz CT molecular complexity index is 645. The minimum Gasteiger partial charge on any atom is -0.341 e. The van der Waals surface area contributed by atoms with Gasteiger partial charge in [0, 0.05) is 32.6 Å². The van der Waals surface area contributed by atoms with E-state index in [2.05, 4.69) is 50.8 Å². The second kappa shape index (κ2) is 10.0. The maximum Gasteiger partial charge on any atom is 0.222 e. The van der Waals surface area contributed by atoms with Gasteiger partial charge in [-0.2, -0.15) is 0 Å². The molecular weight excluding hydrogens is 328 g/mol. The van der Waals surface area contributed by atoms with Gasteiger partial charge >= 0.3 is 0 Å². The Hall–Kier alpha value is -2.28. The number of carbonyl (C=O) groups excluding carboxylic acids is 1. The Labute approximate surface area is 155 Å². The van der Waals surface area contributed by atoms with Gasteiger partial charge in [-0.05, 0) is 54.8 Å². The van der Waals surface area contributed by atoms with Gasteiger partial charge < -0.3 is 9.80 Å². The van der Waals surface area contributed by atoms with Crippen molar-refractivity contribution in [3.05, 3.63) is 42.2 Å². The summed E-state index contributed by atoms with van der Waals surface area (Å²) in [6, 6.07) is 10.7. The highest BCUT2D eigenvalue weighted by Gasteiger charge is 2.18. The van der Waals surface area contributed by atoms with Gasteiger partial charge in [0.05, 0.1) is 0 Å². The Morgan fingerprint density at radius 3 is 2.69 bits per heavy atom. The lowest BCUT2D eigenvalue weighted by Gasteiger charge is -2.22. The number of rotatable bonds is 8. The lowest BCUT2D eigenvalue weighted by atomic mass is 10.1. The van der Waals surface area contributed by atoms with Gasteiger partial charge in [0.2, 0.25) is 5.91 Å². The summed E-state index contributed by atoms with van der Waals surface area (Å²) in [5.41, 5.74) is 1.40. The van der Waals surface area contributed by atoms with E-state index in [1.54, 1.807) is 11.0 Å². The smallest absolute Gasteiger partial charge is 0.222 e. The summed E-state index contributed by atoms with van der Waals surface area (Å²) in [6.45, 7) is 5.58. The van der Waals surface area contributed by atoms with Crippen LogP contribution in [-0.4, -0.2) is 68.6 Å². The summed E-state index contributed by atoms with van der Waals surface area (Å²) in [6.07, 6.45) is 6.28. The first-order chi connectivity index (χ1) is 12.8. The second-order valence-corrected chi connectivity index (χ2v) is 6.84. The molecule has 140 valence electrons. The maximum absolute atomic E-state index is 12.4. The highest BCUT2D eigenvalue weighted by Crippen LogP contribution is 2.09. The molecule has 1 amide bonds. The molecule has 1 aliphatic heterocycles. The largest absolute Gasteiger partial charge is 0.341 e. The highest BCUT2D eigenvalue weighted by atomic mass is 16.2. The van der Waals surface area contributed by atoms with E-state index in [-0.39, 0.29) is 5.91 Å². The first kappa shape index (κ1) is 18.5. The minimum atomic E-state index is 0.254.